The summed E-state index contributed by atoms with van der Waals surface area (Å²) in [5.41, 5.74) is 0.379. The first-order valence-corrected chi connectivity index (χ1v) is 8.27. The van der Waals surface area contributed by atoms with Crippen molar-refractivity contribution in [1.82, 2.24) is 18.7 Å². The van der Waals surface area contributed by atoms with E-state index in [9.17, 15) is 9.59 Å². The van der Waals surface area contributed by atoms with Gasteiger partial charge in [0.15, 0.2) is 11.2 Å². The van der Waals surface area contributed by atoms with Crippen LogP contribution in [0.1, 0.15) is 20.3 Å². The minimum absolute atomic E-state index is 0.266. The van der Waals surface area contributed by atoms with E-state index >= 15 is 0 Å². The topological polar surface area (TPSA) is 65.1 Å². The SMILES string of the molecule is C/C=C\Cn1c(=O)c2c(nc3n2CCCN3C/C=C/C)n(C)c1=O. The molecule has 3 rings (SSSR count). The van der Waals surface area contributed by atoms with Gasteiger partial charge in [0.05, 0.1) is 0 Å². The van der Waals surface area contributed by atoms with Crippen molar-refractivity contribution in [1.29, 1.82) is 0 Å². The Balaban J connectivity index is 2.26. The second-order valence-corrected chi connectivity index (χ2v) is 5.93. The molecule has 0 atom stereocenters. The van der Waals surface area contributed by atoms with Crippen molar-refractivity contribution in [3.63, 3.8) is 0 Å². The number of aromatic nitrogens is 4. The molecule has 2 aromatic rings. The quantitative estimate of drug-likeness (QED) is 0.792. The van der Waals surface area contributed by atoms with E-state index < -0.39 is 0 Å². The third-order valence-corrected chi connectivity index (χ3v) is 4.39. The van der Waals surface area contributed by atoms with E-state index in [0.29, 0.717) is 11.2 Å². The van der Waals surface area contributed by atoms with Crippen molar-refractivity contribution in [3.05, 3.63) is 45.1 Å². The largest absolute Gasteiger partial charge is 0.338 e. The van der Waals surface area contributed by atoms with Crippen LogP contribution < -0.4 is 16.1 Å². The Morgan fingerprint density at radius 3 is 2.50 bits per heavy atom. The second-order valence-electron chi connectivity index (χ2n) is 5.93. The van der Waals surface area contributed by atoms with E-state index in [1.165, 1.54) is 9.13 Å². The number of hydrogen-bond donors (Lipinski definition) is 0. The van der Waals surface area contributed by atoms with Gasteiger partial charge < -0.3 is 9.47 Å². The van der Waals surface area contributed by atoms with E-state index in [1.807, 2.05) is 30.6 Å². The lowest BCUT2D eigenvalue weighted by Crippen LogP contribution is -2.39. The minimum Gasteiger partial charge on any atom is -0.338 e. The zero-order chi connectivity index (χ0) is 17.3. The molecule has 0 N–H and O–H groups in total. The average molecular weight is 329 g/mol. The first-order chi connectivity index (χ1) is 11.6. The maximum absolute atomic E-state index is 12.9. The van der Waals surface area contributed by atoms with Crippen LogP contribution >= 0.6 is 0 Å². The van der Waals surface area contributed by atoms with Crippen molar-refractivity contribution in [2.24, 2.45) is 7.05 Å². The monoisotopic (exact) mass is 329 g/mol. The van der Waals surface area contributed by atoms with Gasteiger partial charge in [-0.15, -0.1) is 0 Å². The number of nitrogens with zero attached hydrogens (tertiary/aromatic N) is 5. The highest BCUT2D eigenvalue weighted by Gasteiger charge is 2.25. The third-order valence-electron chi connectivity index (χ3n) is 4.39. The maximum atomic E-state index is 12.9. The lowest BCUT2D eigenvalue weighted by Gasteiger charge is -2.27. The Hall–Kier alpha value is -2.57. The Morgan fingerprint density at radius 2 is 1.79 bits per heavy atom. The summed E-state index contributed by atoms with van der Waals surface area (Å²) in [6.45, 7) is 6.52. The van der Waals surface area contributed by atoms with Gasteiger partial charge in [0.1, 0.15) is 0 Å². The zero-order valence-electron chi connectivity index (χ0n) is 14.4. The molecule has 0 saturated carbocycles. The Bertz CT molecular complexity index is 929. The van der Waals surface area contributed by atoms with Crippen molar-refractivity contribution in [2.75, 3.05) is 18.0 Å². The standard InChI is InChI=1S/C17H23N5O2/c1-4-6-9-20-10-8-12-21-13-14(18-16(20)21)19(3)17(24)22(15(13)23)11-7-5-2/h4-7H,8-12H2,1-3H3/b6-4+,7-5-. The predicted octanol–water partition coefficient (Wildman–Crippen LogP) is 1.26. The first-order valence-electron chi connectivity index (χ1n) is 8.27. The van der Waals surface area contributed by atoms with Gasteiger partial charge in [-0.05, 0) is 20.3 Å². The van der Waals surface area contributed by atoms with Gasteiger partial charge in [0.25, 0.3) is 5.56 Å². The molecule has 0 amide bonds. The average Bonchev–Trinajstić information content (AvgIpc) is 2.98. The normalized spacial score (nSPS) is 15.0. The Labute approximate surface area is 140 Å². The van der Waals surface area contributed by atoms with Gasteiger partial charge in [0, 0.05) is 33.2 Å². The van der Waals surface area contributed by atoms with Gasteiger partial charge in [-0.1, -0.05) is 24.3 Å². The number of anilines is 1. The molecule has 128 valence electrons. The molecular weight excluding hydrogens is 306 g/mol. The number of hydrogen-bond acceptors (Lipinski definition) is 4. The van der Waals surface area contributed by atoms with Gasteiger partial charge in [-0.2, -0.15) is 4.98 Å². The molecule has 0 aliphatic carbocycles. The highest BCUT2D eigenvalue weighted by molar-refractivity contribution is 5.75. The van der Waals surface area contributed by atoms with Gasteiger partial charge in [0.2, 0.25) is 5.95 Å². The van der Waals surface area contributed by atoms with Crippen LogP contribution in [-0.4, -0.2) is 31.8 Å². The van der Waals surface area contributed by atoms with Crippen molar-refractivity contribution >= 4 is 17.1 Å². The molecule has 0 radical (unpaired) electrons. The fourth-order valence-corrected chi connectivity index (χ4v) is 3.11. The lowest BCUT2D eigenvalue weighted by atomic mass is 10.3. The van der Waals surface area contributed by atoms with E-state index in [1.54, 1.807) is 13.1 Å². The molecule has 0 aromatic carbocycles. The van der Waals surface area contributed by atoms with Crippen LogP contribution in [0, 0.1) is 0 Å². The molecule has 24 heavy (non-hydrogen) atoms. The number of fused-ring (bicyclic) bond motifs is 3. The molecule has 0 bridgehead atoms. The van der Waals surface area contributed by atoms with Gasteiger partial charge in [-0.3, -0.25) is 13.9 Å². The molecule has 1 aliphatic heterocycles. The molecule has 0 unspecified atom stereocenters. The maximum Gasteiger partial charge on any atom is 0.332 e. The predicted molar refractivity (Wildman–Crippen MR) is 95.7 cm³/mol. The zero-order valence-corrected chi connectivity index (χ0v) is 14.4. The van der Waals surface area contributed by atoms with Gasteiger partial charge in [-0.25, -0.2) is 4.79 Å². The second kappa shape index (κ2) is 6.51. The van der Waals surface area contributed by atoms with Crippen molar-refractivity contribution in [3.8, 4) is 0 Å². The number of rotatable bonds is 4. The smallest absolute Gasteiger partial charge is 0.332 e. The summed E-state index contributed by atoms with van der Waals surface area (Å²) in [6.07, 6.45) is 8.66. The highest BCUT2D eigenvalue weighted by atomic mass is 16.2. The number of allylic oxidation sites excluding steroid dienone is 3. The summed E-state index contributed by atoms with van der Waals surface area (Å²) in [5, 5.41) is 0. The Kier molecular flexibility index (Phi) is 4.42. The minimum atomic E-state index is -0.332. The summed E-state index contributed by atoms with van der Waals surface area (Å²) < 4.78 is 4.69. The molecule has 2 aromatic heterocycles. The summed E-state index contributed by atoms with van der Waals surface area (Å²) in [4.78, 5) is 32.1. The molecule has 0 saturated heterocycles. The van der Waals surface area contributed by atoms with Crippen LogP contribution in [0.15, 0.2) is 33.9 Å². The third kappa shape index (κ3) is 2.50. The van der Waals surface area contributed by atoms with E-state index in [0.717, 1.165) is 32.0 Å². The van der Waals surface area contributed by atoms with Gasteiger partial charge >= 0.3 is 5.69 Å². The first kappa shape index (κ1) is 16.3. The van der Waals surface area contributed by atoms with E-state index in [2.05, 4.69) is 16.0 Å². The summed E-state index contributed by atoms with van der Waals surface area (Å²) in [6, 6.07) is 0. The van der Waals surface area contributed by atoms with Crippen molar-refractivity contribution < 1.29 is 0 Å². The fourth-order valence-electron chi connectivity index (χ4n) is 3.11. The fraction of sp³-hybridized carbons (Fsp3) is 0.471. The molecule has 7 heteroatoms. The number of aryl methyl sites for hydroxylation is 2. The molecular formula is C17H23N5O2. The molecule has 7 nitrogen and oxygen atoms in total. The van der Waals surface area contributed by atoms with Crippen LogP contribution in [0.4, 0.5) is 5.95 Å². The van der Waals surface area contributed by atoms with Crippen LogP contribution in [0.2, 0.25) is 0 Å². The molecule has 3 heterocycles. The van der Waals surface area contributed by atoms with Crippen LogP contribution in [0.3, 0.4) is 0 Å². The van der Waals surface area contributed by atoms with Crippen LogP contribution in [-0.2, 0) is 20.1 Å². The summed E-state index contributed by atoms with van der Waals surface area (Å²) in [7, 11) is 1.67. The molecule has 0 spiro atoms. The van der Waals surface area contributed by atoms with Crippen molar-refractivity contribution in [2.45, 2.75) is 33.4 Å². The summed E-state index contributed by atoms with van der Waals surface area (Å²) >= 11 is 0. The van der Waals surface area contributed by atoms with E-state index in [-0.39, 0.29) is 17.8 Å². The molecule has 0 fully saturated rings. The highest BCUT2D eigenvalue weighted by Crippen LogP contribution is 2.24. The van der Waals surface area contributed by atoms with Crippen LogP contribution in [0.25, 0.3) is 11.2 Å². The number of imidazole rings is 1. The summed E-state index contributed by atoms with van der Waals surface area (Å²) in [5.74, 6) is 0.769. The molecule has 1 aliphatic rings. The lowest BCUT2D eigenvalue weighted by molar-refractivity contribution is 0.576. The van der Waals surface area contributed by atoms with E-state index in [4.69, 9.17) is 0 Å². The van der Waals surface area contributed by atoms with Crippen LogP contribution in [0.5, 0.6) is 0 Å². The Morgan fingerprint density at radius 1 is 1.08 bits per heavy atom.